The number of fused-ring (bicyclic) bond motifs is 4. The minimum atomic E-state index is -1.45. The molecule has 71 heavy (non-hydrogen) atoms. The van der Waals surface area contributed by atoms with E-state index in [-0.39, 0.29) is 91.1 Å². The van der Waals surface area contributed by atoms with E-state index in [4.69, 9.17) is 36.5 Å². The number of aromatic carboxylic acids is 3. The lowest BCUT2D eigenvalue weighted by atomic mass is 9.89. The Bertz CT molecular complexity index is 3820. The summed E-state index contributed by atoms with van der Waals surface area (Å²) < 4.78 is 18.2. The number of nitrogens with one attached hydrogen (secondary N) is 2. The van der Waals surface area contributed by atoms with Gasteiger partial charge >= 0.3 is 17.9 Å². The third-order valence-corrected chi connectivity index (χ3v) is 12.5. The lowest BCUT2D eigenvalue weighted by molar-refractivity contribution is 0.0682. The number of phenolic OH excluding ortho intramolecular Hbond substituents is 1. The van der Waals surface area contributed by atoms with Gasteiger partial charge in [0.05, 0.1) is 56.3 Å². The molecule has 2 aliphatic heterocycles. The summed E-state index contributed by atoms with van der Waals surface area (Å²) in [4.78, 5) is 83.2. The zero-order chi connectivity index (χ0) is 50.6. The maximum absolute atomic E-state index is 13.8. The molecule has 0 saturated carbocycles. The van der Waals surface area contributed by atoms with Gasteiger partial charge in [-0.2, -0.15) is 0 Å². The van der Waals surface area contributed by atoms with Crippen LogP contribution in [-0.4, -0.2) is 71.3 Å². The van der Waals surface area contributed by atoms with Crippen LogP contribution in [0.5, 0.6) is 5.75 Å². The van der Waals surface area contributed by atoms with Crippen LogP contribution in [0.1, 0.15) is 63.3 Å². The smallest absolute Gasteiger partial charge is 0.337 e. The molecule has 0 radical (unpaired) electrons. The molecular formula is C52H36Cl2N4O13. The maximum atomic E-state index is 13.8. The number of amides is 2. The van der Waals surface area contributed by atoms with Crippen LogP contribution in [0, 0.1) is 0 Å². The molecule has 3 heterocycles. The molecule has 1 aromatic heterocycles. The molecule has 9 rings (SSSR count). The maximum Gasteiger partial charge on any atom is 0.337 e. The first kappa shape index (κ1) is 47.1. The van der Waals surface area contributed by atoms with Crippen molar-refractivity contribution in [1.82, 2.24) is 10.6 Å². The van der Waals surface area contributed by atoms with Gasteiger partial charge in [0.25, 0.3) is 11.8 Å². The zero-order valence-corrected chi connectivity index (χ0v) is 38.9. The fourth-order valence-corrected chi connectivity index (χ4v) is 9.03. The Morgan fingerprint density at radius 2 is 1.35 bits per heavy atom. The molecule has 0 bridgehead atoms. The molecule has 356 valence electrons. The third kappa shape index (κ3) is 8.64. The molecule has 4 aliphatic rings. The van der Waals surface area contributed by atoms with E-state index in [9.17, 15) is 49.2 Å². The number of furan rings is 1. The molecule has 19 heteroatoms. The van der Waals surface area contributed by atoms with Gasteiger partial charge in [-0.25, -0.2) is 14.4 Å². The summed E-state index contributed by atoms with van der Waals surface area (Å²) in [5, 5.41) is 47.6. The van der Waals surface area contributed by atoms with E-state index in [1.165, 1.54) is 60.7 Å². The van der Waals surface area contributed by atoms with Gasteiger partial charge < -0.3 is 49.2 Å². The van der Waals surface area contributed by atoms with Crippen molar-refractivity contribution in [3.05, 3.63) is 168 Å². The first-order chi connectivity index (χ1) is 33.9. The monoisotopic (exact) mass is 994 g/mol. The molecule has 17 nitrogen and oxygen atoms in total. The molecule has 4 aromatic carbocycles. The second-order valence-corrected chi connectivity index (χ2v) is 17.1. The van der Waals surface area contributed by atoms with Crippen LogP contribution in [0.4, 0.5) is 5.69 Å². The van der Waals surface area contributed by atoms with Crippen molar-refractivity contribution >= 4 is 80.6 Å². The second kappa shape index (κ2) is 18.5. The largest absolute Gasteiger partial charge is 0.507 e. The topological polar surface area (TPSA) is 262 Å². The Morgan fingerprint density at radius 3 is 2.07 bits per heavy atom. The molecule has 2 amide bonds. The number of carbonyl (C=O) groups excluding carboxylic acids is 2. The predicted molar refractivity (Wildman–Crippen MR) is 262 cm³/mol. The number of aromatic hydroxyl groups is 1. The summed E-state index contributed by atoms with van der Waals surface area (Å²) in [5.41, 5.74) is 1.18. The molecule has 0 unspecified atom stereocenters. The lowest BCUT2D eigenvalue weighted by Crippen LogP contribution is -2.24. The van der Waals surface area contributed by atoms with Crippen molar-refractivity contribution in [3.63, 3.8) is 0 Å². The molecule has 0 atom stereocenters. The summed E-state index contributed by atoms with van der Waals surface area (Å²) in [5.74, 6) is -5.80. The van der Waals surface area contributed by atoms with Gasteiger partial charge in [-0.15, -0.1) is 0 Å². The number of anilines is 1. The Hall–Kier alpha value is -8.93. The summed E-state index contributed by atoms with van der Waals surface area (Å²) in [6, 6.07) is 24.9. The fourth-order valence-electron chi connectivity index (χ4n) is 8.42. The Kier molecular flexibility index (Phi) is 12.3. The van der Waals surface area contributed by atoms with E-state index in [0.717, 1.165) is 11.8 Å². The molecule has 6 N–H and O–H groups in total. The fraction of sp³-hybridized carbons (Fsp3) is 0.0962. The van der Waals surface area contributed by atoms with Gasteiger partial charge in [-0.05, 0) is 84.4 Å². The minimum absolute atomic E-state index is 0.0146. The Morgan fingerprint density at radius 1 is 0.648 bits per heavy atom. The van der Waals surface area contributed by atoms with Gasteiger partial charge in [-0.3, -0.25) is 19.4 Å². The predicted octanol–water partition coefficient (Wildman–Crippen LogP) is 9.24. The number of carboxylic acids is 3. The number of benzene rings is 6. The average molecular weight is 996 g/mol. The number of phenols is 1. The summed E-state index contributed by atoms with van der Waals surface area (Å²) in [6.45, 7) is -0.660. The average Bonchev–Trinajstić information content (AvgIpc) is 3.83. The van der Waals surface area contributed by atoms with Crippen LogP contribution >= 0.6 is 23.2 Å². The van der Waals surface area contributed by atoms with E-state index in [1.807, 2.05) is 25.1 Å². The van der Waals surface area contributed by atoms with Gasteiger partial charge in [-0.1, -0.05) is 29.3 Å². The van der Waals surface area contributed by atoms with Crippen molar-refractivity contribution < 1.29 is 57.7 Å². The van der Waals surface area contributed by atoms with Gasteiger partial charge in [0.2, 0.25) is 0 Å². The van der Waals surface area contributed by atoms with Crippen LogP contribution in [-0.2, 0) is 13.1 Å². The Labute approximate surface area is 410 Å². The van der Waals surface area contributed by atoms with E-state index in [2.05, 4.69) is 15.6 Å². The number of carbonyl (C=O) groups is 5. The summed E-state index contributed by atoms with van der Waals surface area (Å²) in [6.07, 6.45) is 0. The van der Waals surface area contributed by atoms with Crippen molar-refractivity contribution in [1.29, 1.82) is 0 Å². The van der Waals surface area contributed by atoms with Crippen LogP contribution in [0.3, 0.4) is 0 Å². The highest BCUT2D eigenvalue weighted by atomic mass is 35.5. The quantitative estimate of drug-likeness (QED) is 0.0624. The van der Waals surface area contributed by atoms with E-state index < -0.39 is 45.7 Å². The number of hydrogen-bond donors (Lipinski definition) is 6. The van der Waals surface area contributed by atoms with Gasteiger partial charge in [0.15, 0.2) is 11.2 Å². The summed E-state index contributed by atoms with van der Waals surface area (Å²) >= 11 is 13.8. The molecule has 0 fully saturated rings. The van der Waals surface area contributed by atoms with Crippen molar-refractivity contribution in [3.8, 4) is 50.7 Å². The number of nitrogens with zero attached hydrogens (tertiary/aromatic N) is 2. The summed E-state index contributed by atoms with van der Waals surface area (Å²) in [7, 11) is 5.36. The first-order valence-corrected chi connectivity index (χ1v) is 22.0. The second-order valence-electron chi connectivity index (χ2n) is 16.3. The standard InChI is InChI=1S/C52H36Cl2N4O13/c1-55-24-5-10-30-39(17-24)70-40-18-25(58(2)3)6-11-31(40)43(30)44-36(53)20-34(46(54)45(44)52(67)68)48(61)56-21-27-8-15-38(69-27)49(62)57-22-35-37(60)14-13-32-42(29-12-7-26(59)19-41(29)71-47(32)35)28-9-4-23(50(63)64)16-33(28)51(65)66/h4-20,60H,21-22H2,1-3H3,(H,56,61)(H,57,62)(H,63,64)(H,65,66)(H,67,68). The first-order valence-electron chi connectivity index (χ1n) is 21.3. The third-order valence-electron chi connectivity index (χ3n) is 11.8. The highest BCUT2D eigenvalue weighted by Crippen LogP contribution is 2.48. The lowest BCUT2D eigenvalue weighted by Gasteiger charge is -2.21. The molecule has 0 spiro atoms. The highest BCUT2D eigenvalue weighted by molar-refractivity contribution is 6.41. The number of carboxylic acid groups (broad SMARTS) is 3. The molecular weight excluding hydrogens is 959 g/mol. The normalized spacial score (nSPS) is 11.6. The number of hydrogen-bond acceptors (Lipinski definition) is 12. The number of rotatable bonds is 12. The van der Waals surface area contributed by atoms with Gasteiger partial charge in [0, 0.05) is 83.6 Å². The number of halogens is 2. The van der Waals surface area contributed by atoms with E-state index in [0.29, 0.717) is 38.8 Å². The highest BCUT2D eigenvalue weighted by Gasteiger charge is 2.30. The van der Waals surface area contributed by atoms with Crippen molar-refractivity contribution in [2.24, 2.45) is 4.99 Å². The van der Waals surface area contributed by atoms with Crippen LogP contribution in [0.15, 0.2) is 126 Å². The van der Waals surface area contributed by atoms with Crippen LogP contribution < -0.4 is 26.3 Å². The van der Waals surface area contributed by atoms with Gasteiger partial charge in [0.1, 0.15) is 34.2 Å². The van der Waals surface area contributed by atoms with Crippen LogP contribution in [0.25, 0.3) is 66.8 Å². The van der Waals surface area contributed by atoms with Crippen molar-refractivity contribution in [2.45, 2.75) is 13.1 Å². The van der Waals surface area contributed by atoms with E-state index in [1.54, 1.807) is 37.4 Å². The van der Waals surface area contributed by atoms with Crippen molar-refractivity contribution in [2.75, 3.05) is 26.0 Å². The Balaban J connectivity index is 0.986. The van der Waals surface area contributed by atoms with Crippen LogP contribution in [0.2, 0.25) is 10.0 Å². The molecule has 5 aromatic rings. The van der Waals surface area contributed by atoms with E-state index >= 15 is 0 Å². The molecule has 2 aliphatic carbocycles. The zero-order valence-electron chi connectivity index (χ0n) is 37.3. The SMILES string of the molecule is CN=c1ccc2c(-c3c(Cl)cc(C(=O)NCc4ccc(C(=O)NCc5c(O)ccc6c(-c7ccc(C(=O)O)cc7C(=O)O)c7ccc(=O)cc-7oc56)o4)c(Cl)c3C(=O)O)c3ccc(N(C)C)cc3oc-2c1. The minimum Gasteiger partial charge on any atom is -0.507 e. The molecule has 0 saturated heterocycles.